The van der Waals surface area contributed by atoms with Crippen molar-refractivity contribution in [1.82, 2.24) is 0 Å². The van der Waals surface area contributed by atoms with Gasteiger partial charge in [0.1, 0.15) is 6.04 Å². The summed E-state index contributed by atoms with van der Waals surface area (Å²) in [6.45, 7) is 0. The van der Waals surface area contributed by atoms with E-state index in [0.717, 1.165) is 18.8 Å². The van der Waals surface area contributed by atoms with Gasteiger partial charge in [-0.3, -0.25) is 4.79 Å². The number of thiophene rings is 1. The second-order valence-electron chi connectivity index (χ2n) is 4.30. The van der Waals surface area contributed by atoms with Crippen molar-refractivity contribution < 1.29 is 4.79 Å². The van der Waals surface area contributed by atoms with Crippen molar-refractivity contribution in [3.05, 3.63) is 49.5 Å². The summed E-state index contributed by atoms with van der Waals surface area (Å²) in [7, 11) is 0. The van der Waals surface area contributed by atoms with Gasteiger partial charge in [-0.05, 0) is 52.3 Å². The highest BCUT2D eigenvalue weighted by Crippen LogP contribution is 2.41. The maximum absolute atomic E-state index is 12.0. The maximum Gasteiger partial charge on any atom is 0.247 e. The molecule has 1 saturated heterocycles. The molecule has 1 amide bonds. The fourth-order valence-electron chi connectivity index (χ4n) is 2.19. The molecule has 0 aliphatic carbocycles. The third kappa shape index (κ3) is 2.27. The minimum absolute atomic E-state index is 0.0307. The van der Waals surface area contributed by atoms with E-state index in [2.05, 4.69) is 31.9 Å². The molecule has 2 N–H and O–H groups in total. The first-order valence-electron chi connectivity index (χ1n) is 5.67. The zero-order valence-electron chi connectivity index (χ0n) is 9.72. The molecule has 2 aromatic rings. The Morgan fingerprint density at radius 3 is 2.37 bits per heavy atom. The van der Waals surface area contributed by atoms with Crippen LogP contribution >= 0.6 is 43.2 Å². The lowest BCUT2D eigenvalue weighted by atomic mass is 9.93. The average molecular weight is 402 g/mol. The molecule has 0 radical (unpaired) electrons. The van der Waals surface area contributed by atoms with E-state index in [9.17, 15) is 4.79 Å². The SMILES string of the molecule is N[C@H]1C(=O)N(c2ccc(Br)cc2)[C@@H]1c1ccc(Br)s1. The molecule has 1 aromatic heterocycles. The Balaban J connectivity index is 1.95. The van der Waals surface area contributed by atoms with Crippen LogP contribution in [0.2, 0.25) is 0 Å². The summed E-state index contributed by atoms with van der Waals surface area (Å²) < 4.78 is 2.04. The van der Waals surface area contributed by atoms with Gasteiger partial charge in [-0.15, -0.1) is 11.3 Å². The molecule has 0 bridgehead atoms. The van der Waals surface area contributed by atoms with E-state index in [1.165, 1.54) is 0 Å². The molecule has 6 heteroatoms. The minimum Gasteiger partial charge on any atom is -0.318 e. The number of nitrogens with two attached hydrogens (primary N) is 1. The van der Waals surface area contributed by atoms with E-state index in [-0.39, 0.29) is 11.9 Å². The van der Waals surface area contributed by atoms with Crippen molar-refractivity contribution in [2.75, 3.05) is 4.90 Å². The van der Waals surface area contributed by atoms with Crippen LogP contribution in [0, 0.1) is 0 Å². The second-order valence-corrected chi connectivity index (χ2v) is 7.71. The monoisotopic (exact) mass is 400 g/mol. The molecular formula is C13H10Br2N2OS. The largest absolute Gasteiger partial charge is 0.318 e. The molecule has 1 aliphatic heterocycles. The van der Waals surface area contributed by atoms with Gasteiger partial charge in [-0.25, -0.2) is 0 Å². The molecule has 98 valence electrons. The first-order valence-corrected chi connectivity index (χ1v) is 8.07. The Bertz CT molecular complexity index is 626. The average Bonchev–Trinajstić information content (AvgIpc) is 2.82. The Kier molecular flexibility index (Phi) is 3.51. The van der Waals surface area contributed by atoms with Gasteiger partial charge in [-0.2, -0.15) is 0 Å². The van der Waals surface area contributed by atoms with E-state index >= 15 is 0 Å². The quantitative estimate of drug-likeness (QED) is 0.780. The van der Waals surface area contributed by atoms with Gasteiger partial charge in [0.05, 0.1) is 9.83 Å². The molecule has 1 aromatic carbocycles. The van der Waals surface area contributed by atoms with Gasteiger partial charge >= 0.3 is 0 Å². The van der Waals surface area contributed by atoms with Crippen LogP contribution in [-0.4, -0.2) is 11.9 Å². The number of amides is 1. The smallest absolute Gasteiger partial charge is 0.247 e. The van der Waals surface area contributed by atoms with Gasteiger partial charge in [0, 0.05) is 15.0 Å². The Labute approximate surface area is 131 Å². The first-order chi connectivity index (χ1) is 9.08. The van der Waals surface area contributed by atoms with Crippen LogP contribution in [0.1, 0.15) is 10.9 Å². The zero-order valence-corrected chi connectivity index (χ0v) is 13.7. The number of anilines is 1. The molecule has 1 fully saturated rings. The van der Waals surface area contributed by atoms with Crippen LogP contribution in [0.4, 0.5) is 5.69 Å². The molecule has 2 atom stereocenters. The van der Waals surface area contributed by atoms with Crippen LogP contribution in [0.5, 0.6) is 0 Å². The number of halogens is 2. The van der Waals surface area contributed by atoms with Crippen LogP contribution in [0.3, 0.4) is 0 Å². The van der Waals surface area contributed by atoms with E-state index in [0.29, 0.717) is 0 Å². The van der Waals surface area contributed by atoms with Crippen molar-refractivity contribution in [3.8, 4) is 0 Å². The third-order valence-electron chi connectivity index (χ3n) is 3.13. The van der Waals surface area contributed by atoms with Crippen LogP contribution in [0.25, 0.3) is 0 Å². The summed E-state index contributed by atoms with van der Waals surface area (Å²) in [5, 5.41) is 0. The van der Waals surface area contributed by atoms with Gasteiger partial charge in [0.15, 0.2) is 0 Å². The summed E-state index contributed by atoms with van der Waals surface area (Å²) in [4.78, 5) is 14.9. The van der Waals surface area contributed by atoms with Crippen molar-refractivity contribution >= 4 is 54.8 Å². The van der Waals surface area contributed by atoms with E-state index in [1.807, 2.05) is 36.4 Å². The minimum atomic E-state index is -0.450. The number of carbonyl (C=O) groups excluding carboxylic acids is 1. The topological polar surface area (TPSA) is 46.3 Å². The predicted octanol–water partition coefficient (Wildman–Crippen LogP) is 3.69. The molecule has 0 saturated carbocycles. The lowest BCUT2D eigenvalue weighted by Gasteiger charge is -2.44. The molecule has 3 rings (SSSR count). The molecule has 0 unspecified atom stereocenters. The summed E-state index contributed by atoms with van der Waals surface area (Å²) in [6, 6.07) is 11.2. The van der Waals surface area contributed by atoms with Crippen molar-refractivity contribution in [2.24, 2.45) is 5.73 Å². The number of carbonyl (C=O) groups is 1. The number of hydrogen-bond donors (Lipinski definition) is 1. The molecule has 0 spiro atoms. The first kappa shape index (κ1) is 13.3. The molecule has 19 heavy (non-hydrogen) atoms. The van der Waals surface area contributed by atoms with Crippen LogP contribution in [0.15, 0.2) is 44.7 Å². The van der Waals surface area contributed by atoms with Crippen LogP contribution < -0.4 is 10.6 Å². The lowest BCUT2D eigenvalue weighted by Crippen LogP contribution is -2.63. The van der Waals surface area contributed by atoms with Crippen LogP contribution in [-0.2, 0) is 4.79 Å². The van der Waals surface area contributed by atoms with Crippen molar-refractivity contribution in [2.45, 2.75) is 12.1 Å². The van der Waals surface area contributed by atoms with E-state index < -0.39 is 6.04 Å². The fourth-order valence-corrected chi connectivity index (χ4v) is 4.02. The normalized spacial score (nSPS) is 22.5. The zero-order chi connectivity index (χ0) is 13.6. The maximum atomic E-state index is 12.0. The summed E-state index contributed by atoms with van der Waals surface area (Å²) in [6.07, 6.45) is 0. The Hall–Kier alpha value is -0.690. The van der Waals surface area contributed by atoms with Crippen molar-refractivity contribution in [1.29, 1.82) is 0 Å². The number of β-lactam (4-membered cyclic amide) rings is 1. The van der Waals surface area contributed by atoms with Gasteiger partial charge in [0.25, 0.3) is 0 Å². The van der Waals surface area contributed by atoms with E-state index in [1.54, 1.807) is 16.2 Å². The molecule has 3 nitrogen and oxygen atoms in total. The third-order valence-corrected chi connectivity index (χ3v) is 5.35. The molecular weight excluding hydrogens is 392 g/mol. The number of rotatable bonds is 2. The standard InChI is InChI=1S/C13H10Br2N2OS/c14-7-1-3-8(4-2-7)17-12(11(16)13(17)18)9-5-6-10(15)19-9/h1-6,11-12H,16H2/t11-,12-/m1/s1. The second kappa shape index (κ2) is 5.01. The molecule has 1 aliphatic rings. The lowest BCUT2D eigenvalue weighted by molar-refractivity contribution is -0.126. The van der Waals surface area contributed by atoms with Gasteiger partial charge in [-0.1, -0.05) is 15.9 Å². The Morgan fingerprint density at radius 1 is 1.11 bits per heavy atom. The van der Waals surface area contributed by atoms with Gasteiger partial charge in [0.2, 0.25) is 5.91 Å². The highest BCUT2D eigenvalue weighted by molar-refractivity contribution is 9.11. The van der Waals surface area contributed by atoms with E-state index in [4.69, 9.17) is 5.73 Å². The predicted molar refractivity (Wildman–Crippen MR) is 84.4 cm³/mol. The summed E-state index contributed by atoms with van der Waals surface area (Å²) in [5.41, 5.74) is 6.84. The summed E-state index contributed by atoms with van der Waals surface area (Å²) >= 11 is 8.45. The number of hydrogen-bond acceptors (Lipinski definition) is 3. The summed E-state index contributed by atoms with van der Waals surface area (Å²) in [5.74, 6) is -0.0307. The van der Waals surface area contributed by atoms with Crippen molar-refractivity contribution in [3.63, 3.8) is 0 Å². The Morgan fingerprint density at radius 2 is 1.79 bits per heavy atom. The number of benzene rings is 1. The molecule has 2 heterocycles. The van der Waals surface area contributed by atoms with Gasteiger partial charge < -0.3 is 10.6 Å². The fraction of sp³-hybridized carbons (Fsp3) is 0.154. The number of nitrogens with zero attached hydrogens (tertiary/aromatic N) is 1. The highest BCUT2D eigenvalue weighted by atomic mass is 79.9. The highest BCUT2D eigenvalue weighted by Gasteiger charge is 2.47.